The number of rotatable bonds is 6. The van der Waals surface area contributed by atoms with Crippen LogP contribution in [0.15, 0.2) is 11.6 Å². The standard InChI is InChI=1S/C29H48O4/c1-7-18(16(2)3)9-8-17(4)21-14-23(32)26-25-22(31)13-19-12-20(30)10-11-28(19,5)27(25)24(33)15-29(21,26)6/h13,16-18,20-21,23-27,30,32-33H,7-12,14-15H2,1-6H3/t17-,18-,20+,21-,23-,24-,25+,26+,27+,28+,29-/m1/s1. The van der Waals surface area contributed by atoms with E-state index in [9.17, 15) is 20.1 Å². The second kappa shape index (κ2) is 9.06. The number of carbonyl (C=O) groups is 1. The van der Waals surface area contributed by atoms with Crippen molar-refractivity contribution in [3.63, 3.8) is 0 Å². The summed E-state index contributed by atoms with van der Waals surface area (Å²) in [7, 11) is 0. The minimum absolute atomic E-state index is 0.0785. The van der Waals surface area contributed by atoms with E-state index in [1.807, 2.05) is 0 Å². The van der Waals surface area contributed by atoms with Crippen LogP contribution in [0.4, 0.5) is 0 Å². The van der Waals surface area contributed by atoms with Crippen LogP contribution in [0.2, 0.25) is 0 Å². The van der Waals surface area contributed by atoms with Crippen LogP contribution in [0.1, 0.15) is 92.9 Å². The van der Waals surface area contributed by atoms with Gasteiger partial charge < -0.3 is 15.3 Å². The number of carbonyl (C=O) groups excluding carboxylic acids is 1. The Hall–Kier alpha value is -0.710. The average Bonchev–Trinajstić information content (AvgIpc) is 2.99. The minimum atomic E-state index is -0.539. The fourth-order valence-electron chi connectivity index (χ4n) is 9.17. The molecule has 0 saturated heterocycles. The Morgan fingerprint density at radius 1 is 1.06 bits per heavy atom. The molecule has 33 heavy (non-hydrogen) atoms. The Labute approximate surface area is 201 Å². The zero-order valence-electron chi connectivity index (χ0n) is 21.8. The highest BCUT2D eigenvalue weighted by Gasteiger charge is 2.66. The Bertz CT molecular complexity index is 774. The van der Waals surface area contributed by atoms with Gasteiger partial charge in [0.1, 0.15) is 0 Å². The van der Waals surface area contributed by atoms with Gasteiger partial charge in [0.25, 0.3) is 0 Å². The largest absolute Gasteiger partial charge is 0.393 e. The predicted molar refractivity (Wildman–Crippen MR) is 131 cm³/mol. The summed E-state index contributed by atoms with van der Waals surface area (Å²) in [5.41, 5.74) is 0.546. The molecule has 4 rings (SSSR count). The quantitative estimate of drug-likeness (QED) is 0.512. The molecule has 11 atom stereocenters. The summed E-state index contributed by atoms with van der Waals surface area (Å²) in [5, 5.41) is 33.2. The first-order valence-electron chi connectivity index (χ1n) is 13.7. The normalized spacial score (nSPS) is 46.9. The van der Waals surface area contributed by atoms with Crippen LogP contribution in [0, 0.1) is 52.3 Å². The molecule has 0 aromatic carbocycles. The topological polar surface area (TPSA) is 77.8 Å². The summed E-state index contributed by atoms with van der Waals surface area (Å²) in [6, 6.07) is 0. The monoisotopic (exact) mass is 460 g/mol. The van der Waals surface area contributed by atoms with Gasteiger partial charge in [-0.15, -0.1) is 0 Å². The molecule has 3 saturated carbocycles. The Morgan fingerprint density at radius 3 is 2.39 bits per heavy atom. The lowest BCUT2D eigenvalue weighted by Gasteiger charge is -2.59. The first kappa shape index (κ1) is 25.4. The van der Waals surface area contributed by atoms with Crippen molar-refractivity contribution in [1.29, 1.82) is 0 Å². The molecule has 0 unspecified atom stereocenters. The van der Waals surface area contributed by atoms with E-state index in [-0.39, 0.29) is 40.5 Å². The third-order valence-corrected chi connectivity index (χ3v) is 11.1. The second-order valence-electron chi connectivity index (χ2n) is 13.1. The Balaban J connectivity index is 1.62. The van der Waals surface area contributed by atoms with E-state index in [2.05, 4.69) is 41.5 Å². The van der Waals surface area contributed by atoms with E-state index in [0.29, 0.717) is 30.6 Å². The maximum Gasteiger partial charge on any atom is 0.159 e. The third-order valence-electron chi connectivity index (χ3n) is 11.1. The van der Waals surface area contributed by atoms with Crippen molar-refractivity contribution in [2.75, 3.05) is 0 Å². The number of hydrogen-bond acceptors (Lipinski definition) is 4. The van der Waals surface area contributed by atoms with Crippen LogP contribution in [-0.4, -0.2) is 39.4 Å². The Kier molecular flexibility index (Phi) is 6.97. The molecule has 4 aliphatic rings. The maximum atomic E-state index is 13.5. The fraction of sp³-hybridized carbons (Fsp3) is 0.897. The lowest BCUT2D eigenvalue weighted by Crippen LogP contribution is -2.60. The summed E-state index contributed by atoms with van der Waals surface area (Å²) < 4.78 is 0. The molecule has 4 aliphatic carbocycles. The first-order chi connectivity index (χ1) is 15.4. The summed E-state index contributed by atoms with van der Waals surface area (Å²) in [4.78, 5) is 13.5. The molecule has 0 amide bonds. The minimum Gasteiger partial charge on any atom is -0.393 e. The molecule has 4 nitrogen and oxygen atoms in total. The van der Waals surface area contributed by atoms with Gasteiger partial charge in [-0.25, -0.2) is 0 Å². The molecule has 3 fully saturated rings. The van der Waals surface area contributed by atoms with Crippen molar-refractivity contribution in [3.8, 4) is 0 Å². The van der Waals surface area contributed by atoms with Crippen LogP contribution < -0.4 is 0 Å². The molecule has 4 heteroatoms. The van der Waals surface area contributed by atoms with Crippen LogP contribution >= 0.6 is 0 Å². The van der Waals surface area contributed by atoms with Crippen molar-refractivity contribution in [2.45, 2.75) is 111 Å². The van der Waals surface area contributed by atoms with Gasteiger partial charge in [-0.05, 0) is 79.1 Å². The van der Waals surface area contributed by atoms with Crippen molar-refractivity contribution in [3.05, 3.63) is 11.6 Å². The molecular weight excluding hydrogens is 412 g/mol. The zero-order chi connectivity index (χ0) is 24.3. The number of aliphatic hydroxyl groups is 3. The molecule has 0 radical (unpaired) electrons. The highest BCUT2D eigenvalue weighted by Crippen LogP contribution is 2.66. The van der Waals surface area contributed by atoms with Crippen LogP contribution in [0.3, 0.4) is 0 Å². The van der Waals surface area contributed by atoms with Gasteiger partial charge in [0.2, 0.25) is 0 Å². The molecule has 0 bridgehead atoms. The number of allylic oxidation sites excluding steroid dienone is 1. The summed E-state index contributed by atoms with van der Waals surface area (Å²) >= 11 is 0. The van der Waals surface area contributed by atoms with E-state index >= 15 is 0 Å². The molecule has 0 aromatic rings. The lowest BCUT2D eigenvalue weighted by atomic mass is 9.45. The van der Waals surface area contributed by atoms with Crippen molar-refractivity contribution < 1.29 is 20.1 Å². The van der Waals surface area contributed by atoms with E-state index in [0.717, 1.165) is 37.2 Å². The highest BCUT2D eigenvalue weighted by molar-refractivity contribution is 5.94. The smallest absolute Gasteiger partial charge is 0.159 e. The van der Waals surface area contributed by atoms with Crippen LogP contribution in [0.25, 0.3) is 0 Å². The Morgan fingerprint density at radius 2 is 1.76 bits per heavy atom. The van der Waals surface area contributed by atoms with Gasteiger partial charge in [0.05, 0.1) is 18.3 Å². The molecule has 188 valence electrons. The zero-order valence-corrected chi connectivity index (χ0v) is 21.8. The van der Waals surface area contributed by atoms with Gasteiger partial charge in [0, 0.05) is 17.8 Å². The molecule has 0 aromatic heterocycles. The molecular formula is C29H48O4. The SMILES string of the molecule is CC[C@H](CC[C@@H](C)[C@H]1C[C@@H](O)[C@H]2[C@@H]3C(=O)C=C4C[C@@H](O)CC[C@]4(C)[C@H]3[C@H](O)C[C@@]21C)C(C)C. The summed E-state index contributed by atoms with van der Waals surface area (Å²) in [6.07, 6.45) is 7.43. The number of fused-ring (bicyclic) bond motifs is 5. The predicted octanol–water partition coefficient (Wildman–Crippen LogP) is 5.15. The van der Waals surface area contributed by atoms with Gasteiger partial charge in [-0.1, -0.05) is 60.0 Å². The van der Waals surface area contributed by atoms with Gasteiger partial charge >= 0.3 is 0 Å². The fourth-order valence-corrected chi connectivity index (χ4v) is 9.17. The second-order valence-corrected chi connectivity index (χ2v) is 13.1. The van der Waals surface area contributed by atoms with Gasteiger partial charge in [0.15, 0.2) is 5.78 Å². The van der Waals surface area contributed by atoms with E-state index in [4.69, 9.17) is 0 Å². The lowest BCUT2D eigenvalue weighted by molar-refractivity contribution is -0.161. The van der Waals surface area contributed by atoms with E-state index in [1.165, 1.54) is 12.8 Å². The molecule has 0 spiro atoms. The average molecular weight is 461 g/mol. The van der Waals surface area contributed by atoms with Crippen molar-refractivity contribution >= 4 is 5.78 Å². The molecule has 0 heterocycles. The van der Waals surface area contributed by atoms with Crippen molar-refractivity contribution in [1.82, 2.24) is 0 Å². The van der Waals surface area contributed by atoms with Crippen LogP contribution in [0.5, 0.6) is 0 Å². The van der Waals surface area contributed by atoms with E-state index < -0.39 is 12.2 Å². The van der Waals surface area contributed by atoms with Crippen LogP contribution in [-0.2, 0) is 4.79 Å². The van der Waals surface area contributed by atoms with E-state index in [1.54, 1.807) is 6.08 Å². The summed E-state index contributed by atoms with van der Waals surface area (Å²) in [6.45, 7) is 13.7. The highest BCUT2D eigenvalue weighted by atomic mass is 16.3. The molecule has 0 aliphatic heterocycles. The number of hydrogen-bond donors (Lipinski definition) is 3. The summed E-state index contributed by atoms with van der Waals surface area (Å²) in [5.74, 6) is 1.75. The number of ketones is 1. The number of aliphatic hydroxyl groups excluding tert-OH is 3. The van der Waals surface area contributed by atoms with Crippen molar-refractivity contribution in [2.24, 2.45) is 52.3 Å². The van der Waals surface area contributed by atoms with Gasteiger partial charge in [-0.3, -0.25) is 4.79 Å². The van der Waals surface area contributed by atoms with Gasteiger partial charge in [-0.2, -0.15) is 0 Å². The maximum absolute atomic E-state index is 13.5. The third kappa shape index (κ3) is 4.06. The first-order valence-corrected chi connectivity index (χ1v) is 13.7. The molecule has 3 N–H and O–H groups in total.